The number of nitrogens with one attached hydrogen (secondary N) is 1. The maximum Gasteiger partial charge on any atom is 0.233 e. The van der Waals surface area contributed by atoms with E-state index in [2.05, 4.69) is 10.4 Å². The number of benzene rings is 1. The molecule has 0 spiro atoms. The smallest absolute Gasteiger partial charge is 0.233 e. The molecule has 0 unspecified atom stereocenters. The van der Waals surface area contributed by atoms with Crippen LogP contribution in [0.4, 0.5) is 5.82 Å². The first-order chi connectivity index (χ1) is 14.8. The summed E-state index contributed by atoms with van der Waals surface area (Å²) in [5.74, 6) is 0.104. The Labute approximate surface area is 182 Å². The molecule has 1 aromatic heterocycles. The average molecular weight is 445 g/mol. The average Bonchev–Trinajstić information content (AvgIpc) is 3.41. The van der Waals surface area contributed by atoms with E-state index in [1.807, 2.05) is 6.07 Å². The van der Waals surface area contributed by atoms with Gasteiger partial charge < -0.3 is 10.4 Å². The second-order valence-electron chi connectivity index (χ2n) is 8.11. The van der Waals surface area contributed by atoms with Crippen LogP contribution in [-0.2, 0) is 21.2 Å². The number of sulfone groups is 1. The predicted molar refractivity (Wildman–Crippen MR) is 116 cm³/mol. The zero-order valence-corrected chi connectivity index (χ0v) is 18.4. The van der Waals surface area contributed by atoms with Crippen molar-refractivity contribution < 1.29 is 18.3 Å². The first-order valence-corrected chi connectivity index (χ1v) is 12.4. The van der Waals surface area contributed by atoms with Gasteiger partial charge in [-0.1, -0.05) is 31.7 Å². The molecule has 31 heavy (non-hydrogen) atoms. The monoisotopic (exact) mass is 444 g/mol. The van der Waals surface area contributed by atoms with Crippen molar-refractivity contribution in [2.75, 3.05) is 18.2 Å². The second-order valence-corrected chi connectivity index (χ2v) is 10.1. The van der Waals surface area contributed by atoms with Crippen LogP contribution in [0.2, 0.25) is 0 Å². The van der Waals surface area contributed by atoms with Gasteiger partial charge in [0.2, 0.25) is 5.91 Å². The van der Waals surface area contributed by atoms with Crippen molar-refractivity contribution >= 4 is 21.6 Å². The van der Waals surface area contributed by atoms with Gasteiger partial charge in [0, 0.05) is 31.7 Å². The van der Waals surface area contributed by atoms with E-state index in [-0.39, 0.29) is 23.0 Å². The van der Waals surface area contributed by atoms with Crippen LogP contribution >= 0.6 is 0 Å². The minimum absolute atomic E-state index is 0.0265. The number of hydrogen-bond acceptors (Lipinski definition) is 6. The van der Waals surface area contributed by atoms with Gasteiger partial charge in [-0.05, 0) is 36.5 Å². The van der Waals surface area contributed by atoms with Gasteiger partial charge in [0.1, 0.15) is 6.07 Å². The minimum Gasteiger partial charge on any atom is -0.396 e. The topological polar surface area (TPSA) is 125 Å². The fraction of sp³-hybridized carbons (Fsp3) is 0.500. The molecule has 8 nitrogen and oxygen atoms in total. The van der Waals surface area contributed by atoms with Crippen molar-refractivity contribution in [2.45, 2.75) is 55.9 Å². The van der Waals surface area contributed by atoms with Crippen molar-refractivity contribution in [1.29, 1.82) is 5.26 Å². The summed E-state index contributed by atoms with van der Waals surface area (Å²) in [6, 6.07) is 8.24. The number of amides is 1. The number of hydrogen-bond donors (Lipinski definition) is 2. The molecule has 0 bridgehead atoms. The largest absolute Gasteiger partial charge is 0.396 e. The first-order valence-electron chi connectivity index (χ1n) is 10.5. The van der Waals surface area contributed by atoms with E-state index < -0.39 is 15.8 Å². The SMILES string of the molecule is CS(=O)(=O)c1ccc([C@@H](CC2CCCC2)C(=O)Nc2ccn(CCCO)n2)cc1C#N. The number of carbonyl (C=O) groups excluding carboxylic acids is 1. The zero-order chi connectivity index (χ0) is 22.4. The number of nitriles is 1. The lowest BCUT2D eigenvalue weighted by atomic mass is 9.86. The molecular formula is C22H28N4O4S. The van der Waals surface area contributed by atoms with Crippen molar-refractivity contribution in [1.82, 2.24) is 9.78 Å². The quantitative estimate of drug-likeness (QED) is 0.613. The summed E-state index contributed by atoms with van der Waals surface area (Å²) in [5, 5.41) is 25.6. The minimum atomic E-state index is -3.54. The predicted octanol–water partition coefficient (Wildman–Crippen LogP) is 2.84. The number of carbonyl (C=O) groups is 1. The van der Waals surface area contributed by atoms with E-state index in [1.54, 1.807) is 23.0 Å². The Morgan fingerprint density at radius 3 is 2.74 bits per heavy atom. The number of aliphatic hydroxyl groups excluding tert-OH is 1. The van der Waals surface area contributed by atoms with E-state index in [1.165, 1.54) is 12.1 Å². The number of aryl methyl sites for hydroxylation is 1. The van der Waals surface area contributed by atoms with E-state index in [4.69, 9.17) is 5.11 Å². The fourth-order valence-electron chi connectivity index (χ4n) is 4.15. The third-order valence-corrected chi connectivity index (χ3v) is 6.88. The Morgan fingerprint density at radius 1 is 1.35 bits per heavy atom. The molecule has 1 saturated carbocycles. The van der Waals surface area contributed by atoms with Gasteiger partial charge >= 0.3 is 0 Å². The van der Waals surface area contributed by atoms with Crippen LogP contribution in [-0.4, -0.2) is 42.1 Å². The van der Waals surface area contributed by atoms with Gasteiger partial charge in [-0.3, -0.25) is 9.48 Å². The van der Waals surface area contributed by atoms with Crippen LogP contribution in [0.1, 0.15) is 55.6 Å². The zero-order valence-electron chi connectivity index (χ0n) is 17.6. The van der Waals surface area contributed by atoms with Gasteiger partial charge in [0.15, 0.2) is 15.7 Å². The summed E-state index contributed by atoms with van der Waals surface area (Å²) in [5.41, 5.74) is 0.686. The number of aliphatic hydroxyl groups is 1. The molecule has 1 aliphatic carbocycles. The first kappa shape index (κ1) is 23.0. The molecule has 2 aromatic rings. The molecule has 1 heterocycles. The van der Waals surface area contributed by atoms with Crippen LogP contribution in [0.3, 0.4) is 0 Å². The van der Waals surface area contributed by atoms with Crippen LogP contribution < -0.4 is 5.32 Å². The highest BCUT2D eigenvalue weighted by Crippen LogP contribution is 2.35. The molecule has 1 aromatic carbocycles. The fourth-order valence-corrected chi connectivity index (χ4v) is 4.97. The van der Waals surface area contributed by atoms with Crippen molar-refractivity contribution in [3.8, 4) is 6.07 Å². The molecule has 0 aliphatic heterocycles. The number of aromatic nitrogens is 2. The molecule has 0 saturated heterocycles. The molecule has 1 amide bonds. The van der Waals surface area contributed by atoms with Crippen LogP contribution in [0.25, 0.3) is 0 Å². The highest BCUT2D eigenvalue weighted by atomic mass is 32.2. The van der Waals surface area contributed by atoms with Gasteiger partial charge in [-0.2, -0.15) is 10.4 Å². The molecule has 1 fully saturated rings. The highest BCUT2D eigenvalue weighted by Gasteiger charge is 2.28. The number of nitrogens with zero attached hydrogens (tertiary/aromatic N) is 3. The van der Waals surface area contributed by atoms with Crippen LogP contribution in [0, 0.1) is 17.2 Å². The lowest BCUT2D eigenvalue weighted by Gasteiger charge is -2.21. The molecular weight excluding hydrogens is 416 g/mol. The summed E-state index contributed by atoms with van der Waals surface area (Å²) < 4.78 is 25.6. The Balaban J connectivity index is 1.86. The van der Waals surface area contributed by atoms with Gasteiger partial charge in [0.05, 0.1) is 16.4 Å². The maximum atomic E-state index is 13.2. The molecule has 0 radical (unpaired) electrons. The highest BCUT2D eigenvalue weighted by molar-refractivity contribution is 7.90. The lowest BCUT2D eigenvalue weighted by Crippen LogP contribution is -2.24. The second kappa shape index (κ2) is 10.1. The molecule has 9 heteroatoms. The normalized spacial score (nSPS) is 15.5. The summed E-state index contributed by atoms with van der Waals surface area (Å²) in [7, 11) is -3.54. The lowest BCUT2D eigenvalue weighted by molar-refractivity contribution is -0.118. The molecule has 166 valence electrons. The van der Waals surface area contributed by atoms with E-state index >= 15 is 0 Å². The van der Waals surface area contributed by atoms with Crippen LogP contribution in [0.15, 0.2) is 35.4 Å². The van der Waals surface area contributed by atoms with E-state index in [0.29, 0.717) is 36.7 Å². The van der Waals surface area contributed by atoms with Crippen molar-refractivity contribution in [3.05, 3.63) is 41.6 Å². The Kier molecular flexibility index (Phi) is 7.46. The maximum absolute atomic E-state index is 13.2. The molecule has 1 atom stereocenters. The van der Waals surface area contributed by atoms with Gasteiger partial charge in [-0.15, -0.1) is 0 Å². The summed E-state index contributed by atoms with van der Waals surface area (Å²) >= 11 is 0. The van der Waals surface area contributed by atoms with Crippen LogP contribution in [0.5, 0.6) is 0 Å². The number of rotatable bonds is 9. The third kappa shape index (κ3) is 5.93. The van der Waals surface area contributed by atoms with E-state index in [0.717, 1.165) is 31.9 Å². The standard InChI is InChI=1S/C22H28N4O4S/c1-31(29,30)20-8-7-17(14-18(20)15-23)19(13-16-5-2-3-6-16)22(28)24-21-9-11-26(25-21)10-4-12-27/h7-9,11,14,16,19,27H,2-6,10,12-13H2,1H3,(H,24,25,28)/t19-/m1/s1. The van der Waals surface area contributed by atoms with Gasteiger partial charge in [0.25, 0.3) is 0 Å². The Hall–Kier alpha value is -2.70. The summed E-state index contributed by atoms with van der Waals surface area (Å²) in [6.07, 6.45) is 8.43. The Bertz CT molecular complexity index is 1070. The van der Waals surface area contributed by atoms with Gasteiger partial charge in [-0.25, -0.2) is 8.42 Å². The molecule has 3 rings (SSSR count). The number of anilines is 1. The van der Waals surface area contributed by atoms with E-state index in [9.17, 15) is 18.5 Å². The molecule has 2 N–H and O–H groups in total. The Morgan fingerprint density at radius 2 is 2.10 bits per heavy atom. The summed E-state index contributed by atoms with van der Waals surface area (Å²) in [4.78, 5) is 13.2. The van der Waals surface area contributed by atoms with Crippen molar-refractivity contribution in [3.63, 3.8) is 0 Å². The molecule has 1 aliphatic rings. The summed E-state index contributed by atoms with van der Waals surface area (Å²) in [6.45, 7) is 0.617. The third-order valence-electron chi connectivity index (χ3n) is 5.72. The van der Waals surface area contributed by atoms with Crippen molar-refractivity contribution in [2.24, 2.45) is 5.92 Å².